The molecule has 0 atom stereocenters. The Morgan fingerprint density at radius 3 is 2.34 bits per heavy atom. The van der Waals surface area contributed by atoms with Gasteiger partial charge in [-0.05, 0) is 54.4 Å². The Labute approximate surface area is 164 Å². The van der Waals surface area contributed by atoms with E-state index in [0.29, 0.717) is 5.56 Å². The van der Waals surface area contributed by atoms with Crippen molar-refractivity contribution in [3.05, 3.63) is 94.8 Å². The van der Waals surface area contributed by atoms with Crippen LogP contribution in [-0.2, 0) is 12.7 Å². The van der Waals surface area contributed by atoms with Crippen molar-refractivity contribution in [2.45, 2.75) is 19.6 Å². The molecule has 0 heterocycles. The normalized spacial score (nSPS) is 11.2. The molecule has 1 N–H and O–H groups in total. The molecule has 0 aliphatic rings. The lowest BCUT2D eigenvalue weighted by molar-refractivity contribution is -0.137. The predicted molar refractivity (Wildman–Crippen MR) is 100 cm³/mol. The molecule has 3 rings (SSSR count). The molecule has 0 saturated carbocycles. The number of carbonyl (C=O) groups is 1. The highest BCUT2D eigenvalue weighted by Crippen LogP contribution is 2.35. The molecule has 150 valence electrons. The van der Waals surface area contributed by atoms with Crippen LogP contribution in [0.2, 0.25) is 0 Å². The van der Waals surface area contributed by atoms with Gasteiger partial charge in [-0.3, -0.25) is 4.79 Å². The van der Waals surface area contributed by atoms with E-state index >= 15 is 0 Å². The molecule has 29 heavy (non-hydrogen) atoms. The number of aryl methyl sites for hydroxylation is 1. The summed E-state index contributed by atoms with van der Waals surface area (Å²) >= 11 is 0. The fraction of sp³-hybridized carbons (Fsp3) is 0.136. The monoisotopic (exact) mass is 403 g/mol. The van der Waals surface area contributed by atoms with Gasteiger partial charge in [0.2, 0.25) is 0 Å². The summed E-state index contributed by atoms with van der Waals surface area (Å²) in [5.74, 6) is -1.19. The van der Waals surface area contributed by atoms with Crippen molar-refractivity contribution in [2.24, 2.45) is 0 Å². The summed E-state index contributed by atoms with van der Waals surface area (Å²) in [4.78, 5) is 12.6. The topological polar surface area (TPSA) is 38.3 Å². The first-order chi connectivity index (χ1) is 13.7. The molecule has 7 heteroatoms. The summed E-state index contributed by atoms with van der Waals surface area (Å²) in [6, 6.07) is 15.4. The number of hydrogen-bond acceptors (Lipinski definition) is 2. The molecule has 0 aromatic heterocycles. The van der Waals surface area contributed by atoms with Crippen LogP contribution < -0.4 is 10.1 Å². The highest BCUT2D eigenvalue weighted by atomic mass is 19.4. The number of halogens is 4. The van der Waals surface area contributed by atoms with Crippen molar-refractivity contribution in [2.75, 3.05) is 0 Å². The fourth-order valence-corrected chi connectivity index (χ4v) is 2.69. The van der Waals surface area contributed by atoms with Gasteiger partial charge in [0, 0.05) is 6.54 Å². The van der Waals surface area contributed by atoms with Gasteiger partial charge in [-0.25, -0.2) is 4.39 Å². The first kappa shape index (κ1) is 20.4. The van der Waals surface area contributed by atoms with Crippen LogP contribution in [0.4, 0.5) is 17.6 Å². The van der Waals surface area contributed by atoms with Crippen molar-refractivity contribution in [3.8, 4) is 11.5 Å². The molecule has 0 aliphatic carbocycles. The molecule has 0 saturated heterocycles. The Hall–Kier alpha value is -3.35. The third-order valence-corrected chi connectivity index (χ3v) is 4.21. The summed E-state index contributed by atoms with van der Waals surface area (Å²) in [5.41, 5.74) is 0.215. The van der Waals surface area contributed by atoms with E-state index < -0.39 is 23.5 Å². The highest BCUT2D eigenvalue weighted by molar-refractivity contribution is 5.97. The summed E-state index contributed by atoms with van der Waals surface area (Å²) in [5, 5.41) is 2.66. The van der Waals surface area contributed by atoms with Gasteiger partial charge in [0.15, 0.2) is 0 Å². The molecule has 0 unspecified atom stereocenters. The van der Waals surface area contributed by atoms with Crippen LogP contribution in [-0.4, -0.2) is 5.91 Å². The molecular formula is C22H17F4NO2. The van der Waals surface area contributed by atoms with Gasteiger partial charge in [-0.2, -0.15) is 13.2 Å². The minimum atomic E-state index is -4.60. The molecule has 1 amide bonds. The Bertz CT molecular complexity index is 1020. The van der Waals surface area contributed by atoms with Gasteiger partial charge in [0.1, 0.15) is 17.3 Å². The first-order valence-electron chi connectivity index (χ1n) is 8.71. The second-order valence-corrected chi connectivity index (χ2v) is 6.39. The average molecular weight is 403 g/mol. The van der Waals surface area contributed by atoms with Crippen LogP contribution >= 0.6 is 0 Å². The molecule has 0 bridgehead atoms. The van der Waals surface area contributed by atoms with E-state index in [-0.39, 0.29) is 23.6 Å². The van der Waals surface area contributed by atoms with Crippen molar-refractivity contribution in [1.29, 1.82) is 0 Å². The van der Waals surface area contributed by atoms with Crippen LogP contribution in [0, 0.1) is 12.7 Å². The Morgan fingerprint density at radius 1 is 0.966 bits per heavy atom. The molecule has 3 aromatic carbocycles. The maximum absolute atomic E-state index is 13.3. The fourth-order valence-electron chi connectivity index (χ4n) is 2.69. The van der Waals surface area contributed by atoms with Crippen LogP contribution in [0.5, 0.6) is 11.5 Å². The van der Waals surface area contributed by atoms with Crippen molar-refractivity contribution >= 4 is 5.91 Å². The lowest BCUT2D eigenvalue weighted by Crippen LogP contribution is -2.23. The molecule has 0 radical (unpaired) electrons. The zero-order chi connectivity index (χ0) is 21.0. The molecule has 0 fully saturated rings. The van der Waals surface area contributed by atoms with E-state index in [9.17, 15) is 22.4 Å². The van der Waals surface area contributed by atoms with E-state index in [1.54, 1.807) is 6.92 Å². The summed E-state index contributed by atoms with van der Waals surface area (Å²) in [6.45, 7) is 1.76. The summed E-state index contributed by atoms with van der Waals surface area (Å²) in [6.07, 6.45) is -4.60. The highest BCUT2D eigenvalue weighted by Gasteiger charge is 2.32. The summed E-state index contributed by atoms with van der Waals surface area (Å²) in [7, 11) is 0. The van der Waals surface area contributed by atoms with Gasteiger partial charge in [-0.15, -0.1) is 0 Å². The standard InChI is InChI=1S/C22H17F4NO2/c1-14-11-17(23)8-10-19(14)29-20-12-16(22(24,25)26)7-9-18(20)21(28)27-13-15-5-3-2-4-6-15/h2-12H,13H2,1H3,(H,27,28). The quantitative estimate of drug-likeness (QED) is 0.541. The van der Waals surface area contributed by atoms with Crippen molar-refractivity contribution in [1.82, 2.24) is 5.32 Å². The maximum atomic E-state index is 13.3. The van der Waals surface area contributed by atoms with Crippen molar-refractivity contribution in [3.63, 3.8) is 0 Å². The third-order valence-electron chi connectivity index (χ3n) is 4.21. The van der Waals surface area contributed by atoms with Gasteiger partial charge in [0.25, 0.3) is 5.91 Å². The number of alkyl halides is 3. The number of rotatable bonds is 5. The molecular weight excluding hydrogens is 386 g/mol. The SMILES string of the molecule is Cc1cc(F)ccc1Oc1cc(C(F)(F)F)ccc1C(=O)NCc1ccccc1. The number of amides is 1. The maximum Gasteiger partial charge on any atom is 0.416 e. The summed E-state index contributed by atoms with van der Waals surface area (Å²) < 4.78 is 58.3. The van der Waals surface area contributed by atoms with Gasteiger partial charge in [-0.1, -0.05) is 30.3 Å². The molecule has 3 nitrogen and oxygen atoms in total. The Balaban J connectivity index is 1.91. The number of benzene rings is 3. The lowest BCUT2D eigenvalue weighted by atomic mass is 10.1. The van der Waals surface area contributed by atoms with Gasteiger partial charge in [0.05, 0.1) is 11.1 Å². The number of nitrogens with one attached hydrogen (secondary N) is 1. The lowest BCUT2D eigenvalue weighted by Gasteiger charge is -2.16. The van der Waals surface area contributed by atoms with Crippen LogP contribution in [0.15, 0.2) is 66.7 Å². The zero-order valence-corrected chi connectivity index (χ0v) is 15.4. The smallest absolute Gasteiger partial charge is 0.416 e. The number of carbonyl (C=O) groups excluding carboxylic acids is 1. The molecule has 0 aliphatic heterocycles. The number of ether oxygens (including phenoxy) is 1. The largest absolute Gasteiger partial charge is 0.456 e. The first-order valence-corrected chi connectivity index (χ1v) is 8.71. The van der Waals surface area contributed by atoms with E-state index in [0.717, 1.165) is 29.8 Å². The molecule has 0 spiro atoms. The minimum absolute atomic E-state index is 0.0577. The van der Waals surface area contributed by atoms with E-state index in [1.165, 1.54) is 12.1 Å². The average Bonchev–Trinajstić information content (AvgIpc) is 2.68. The third kappa shape index (κ3) is 5.13. The zero-order valence-electron chi connectivity index (χ0n) is 15.4. The van der Waals surface area contributed by atoms with E-state index in [4.69, 9.17) is 4.74 Å². The van der Waals surface area contributed by atoms with E-state index in [1.807, 2.05) is 30.3 Å². The second kappa shape index (κ2) is 8.34. The minimum Gasteiger partial charge on any atom is -0.456 e. The van der Waals surface area contributed by atoms with E-state index in [2.05, 4.69) is 5.32 Å². The van der Waals surface area contributed by atoms with Crippen LogP contribution in [0.3, 0.4) is 0 Å². The second-order valence-electron chi connectivity index (χ2n) is 6.39. The molecule has 3 aromatic rings. The van der Waals surface area contributed by atoms with Gasteiger partial charge >= 0.3 is 6.18 Å². The van der Waals surface area contributed by atoms with Crippen molar-refractivity contribution < 1.29 is 27.1 Å². The van der Waals surface area contributed by atoms with Crippen LogP contribution in [0.25, 0.3) is 0 Å². The predicted octanol–water partition coefficient (Wildman–Crippen LogP) is 5.88. The Morgan fingerprint density at radius 2 is 1.69 bits per heavy atom. The Kier molecular flexibility index (Phi) is 5.87. The van der Waals surface area contributed by atoms with Gasteiger partial charge < -0.3 is 10.1 Å². The van der Waals surface area contributed by atoms with Crippen LogP contribution in [0.1, 0.15) is 27.0 Å². The number of hydrogen-bond donors (Lipinski definition) is 1.